The maximum atomic E-state index is 13.7. The number of amides is 2. The smallest absolute Gasteiger partial charge is 0.264 e. The molecule has 0 radical (unpaired) electrons. The number of carbonyl (C=O) groups excluding carboxylic acids is 3. The fraction of sp³-hybridized carbons (Fsp3) is 0.622. The third-order valence-corrected chi connectivity index (χ3v) is 30.9. The second-order valence-electron chi connectivity index (χ2n) is 32.9. The van der Waals surface area contributed by atoms with Gasteiger partial charge in [-0.1, -0.05) is 67.4 Å². The highest BCUT2D eigenvalue weighted by Crippen LogP contribution is 2.52. The number of rotatable bonds is 5. The predicted octanol–water partition coefficient (Wildman–Crippen LogP) is 10.0. The van der Waals surface area contributed by atoms with Gasteiger partial charge >= 0.3 is 0 Å². The molecule has 4 saturated heterocycles. The van der Waals surface area contributed by atoms with Gasteiger partial charge in [0.2, 0.25) is 20.0 Å². The van der Waals surface area contributed by atoms with Gasteiger partial charge in [0, 0.05) is 149 Å². The molecule has 0 unspecified atom stereocenters. The topological polar surface area (TPSA) is 227 Å². The summed E-state index contributed by atoms with van der Waals surface area (Å²) in [6.45, 7) is 23.5. The summed E-state index contributed by atoms with van der Waals surface area (Å²) < 4.78 is 95.7. The number of aldehydes is 1. The van der Waals surface area contributed by atoms with Gasteiger partial charge in [-0.25, -0.2) is 26.3 Å². The standard InChI is InChI=1S/C41H55ClN4O6S.C34H41ClN2O6S.C7H14N2O/c1-28-6-4-15-41(50-3,26-44-16-17-45-18-19-51-24-34(45)23-44)36-11-8-32(36)22-46-25-40(14-5-7-30-20-33(42)10-12-35(30)40)27-52-38-13-9-31(21-37(38)46)39(47)43-53(48,49)29(28)2;1-22-6-4-15-34(20-38,42-3)29-11-8-26(29)18-37-19-33(14-5-7-24-16-27(35)10-12-28(24)33)21-43-31-13-9-25(17-30(31)37)32(39)36-44(40,41)23(22)2;1-2-9-3-4-10-6-7(9)5-8-1/h4,9-10,12-13,15,20-21,28-29,32,34,36H,5-8,11,14,16-19,22-27H2,1-3H3,(H,43,47);4,9-10,12-13,15-17,20,22-23,26,29H,5-8,11,14,18-19,21H2,1-3H3,(H,36,39);7-8H,1-6H2/b2*15-4+;/t28-,29+,32-,34-,36+,40-,41-;22-,23+,26-,29+,33-,34-;7-/m000/s1. The average molecular weight is 1550 g/mol. The number of ether oxygens (including phenoxy) is 6. The van der Waals surface area contributed by atoms with Crippen LogP contribution in [0.4, 0.5) is 11.4 Å². The van der Waals surface area contributed by atoms with E-state index in [0.717, 1.165) is 179 Å². The van der Waals surface area contributed by atoms with E-state index in [2.05, 4.69) is 75.7 Å². The number of anilines is 2. The van der Waals surface area contributed by atoms with Gasteiger partial charge in [-0.2, -0.15) is 0 Å². The number of hydrogen-bond acceptors (Lipinski definition) is 19. The number of carbonyl (C=O) groups is 3. The Balaban J connectivity index is 0.000000160. The molecular formula is C82H110Cl2N8O13S2. The number of piperazine rings is 2. The first-order valence-electron chi connectivity index (χ1n) is 39.2. The van der Waals surface area contributed by atoms with Crippen molar-refractivity contribution in [3.63, 3.8) is 0 Å². The SMILES string of the molecule is C1CN2CCOC[C@@H]2CN1.CO[C@]1(C=O)/C=C/C[C@H](C)[C@@H](C)S(=O)(=O)NC(=O)c2ccc3c(c2)N(C[C@@H]2CC[C@H]21)C[C@@]1(CCCc2cc(Cl)ccc21)CO3.CO[C@]1(CN2CCN3CCOC[C@@H]3C2)/C=C/C[C@H](C)[C@@H](C)S(=O)(=O)NC(=O)c2ccc3c(c2)N(C[C@@H]2CC[C@H]21)C[C@@]1(CCCc2cc(Cl)ccc21)CO3. The molecular weight excluding hydrogens is 1440 g/mol. The number of methoxy groups -OCH3 is 2. The molecule has 21 nitrogen and oxygen atoms in total. The van der Waals surface area contributed by atoms with Crippen molar-refractivity contribution < 1.29 is 59.6 Å². The van der Waals surface area contributed by atoms with Gasteiger partial charge in [-0.15, -0.1) is 0 Å². The Labute approximate surface area is 643 Å². The summed E-state index contributed by atoms with van der Waals surface area (Å²) in [5.41, 5.74) is 4.93. The van der Waals surface area contributed by atoms with Crippen LogP contribution in [-0.2, 0) is 67.5 Å². The minimum atomic E-state index is -3.97. The fourth-order valence-corrected chi connectivity index (χ4v) is 22.4. The highest BCUT2D eigenvalue weighted by Gasteiger charge is 2.53. The zero-order valence-electron chi connectivity index (χ0n) is 63.1. The van der Waals surface area contributed by atoms with E-state index in [9.17, 15) is 31.2 Å². The van der Waals surface area contributed by atoms with Crippen molar-refractivity contribution >= 4 is 72.7 Å². The first kappa shape index (κ1) is 78.0. The molecule has 2 saturated carbocycles. The Morgan fingerprint density at radius 1 is 0.598 bits per heavy atom. The maximum absolute atomic E-state index is 13.7. The molecule has 107 heavy (non-hydrogen) atoms. The minimum Gasteiger partial charge on any atom is -0.490 e. The molecule has 3 N–H and O–H groups in total. The zero-order chi connectivity index (χ0) is 75.0. The normalized spacial score (nSPS) is 34.8. The van der Waals surface area contributed by atoms with Crippen LogP contribution in [-0.4, -0.2) is 222 Å². The van der Waals surface area contributed by atoms with Crippen molar-refractivity contribution in [2.45, 2.75) is 149 Å². The van der Waals surface area contributed by atoms with Gasteiger partial charge in [-0.05, 0) is 209 Å². The number of nitrogens with zero attached hydrogens (tertiary/aromatic N) is 5. The Hall–Kier alpha value is -5.67. The van der Waals surface area contributed by atoms with Crippen LogP contribution in [0.25, 0.3) is 0 Å². The van der Waals surface area contributed by atoms with E-state index in [4.69, 9.17) is 51.6 Å². The molecule has 4 aromatic rings. The molecule has 2 spiro atoms. The molecule has 582 valence electrons. The Bertz CT molecular complexity index is 4180. The number of fused-ring (bicyclic) bond motifs is 10. The molecule has 2 amide bonds. The van der Waals surface area contributed by atoms with E-state index in [1.165, 1.54) is 28.8 Å². The second-order valence-corrected chi connectivity index (χ2v) is 37.8. The number of sulfonamides is 2. The molecule has 8 aliphatic heterocycles. The largest absolute Gasteiger partial charge is 0.490 e. The molecule has 4 bridgehead atoms. The molecule has 0 aromatic heterocycles. The van der Waals surface area contributed by atoms with Gasteiger partial charge in [0.05, 0.1) is 61.5 Å². The molecule has 25 heteroatoms. The number of nitrogens with one attached hydrogen (secondary N) is 3. The number of benzene rings is 4. The molecule has 14 atom stereocenters. The third kappa shape index (κ3) is 16.2. The van der Waals surface area contributed by atoms with Crippen molar-refractivity contribution in [1.82, 2.24) is 29.5 Å². The van der Waals surface area contributed by atoms with Crippen molar-refractivity contribution in [2.75, 3.05) is 149 Å². The van der Waals surface area contributed by atoms with Crippen molar-refractivity contribution in [1.29, 1.82) is 0 Å². The molecule has 8 heterocycles. The summed E-state index contributed by atoms with van der Waals surface area (Å²) in [4.78, 5) is 52.1. The number of morpholine rings is 2. The lowest BCUT2D eigenvalue weighted by Gasteiger charge is -2.53. The lowest BCUT2D eigenvalue weighted by atomic mass is 9.63. The molecule has 4 aliphatic carbocycles. The van der Waals surface area contributed by atoms with Crippen LogP contribution < -0.4 is 34.0 Å². The van der Waals surface area contributed by atoms with Crippen LogP contribution in [0.2, 0.25) is 10.0 Å². The monoisotopic (exact) mass is 1550 g/mol. The van der Waals surface area contributed by atoms with Crippen molar-refractivity contribution in [3.05, 3.63) is 141 Å². The van der Waals surface area contributed by atoms with Gasteiger partial charge in [0.15, 0.2) is 6.29 Å². The van der Waals surface area contributed by atoms with Crippen LogP contribution >= 0.6 is 23.2 Å². The molecule has 12 aliphatic rings. The van der Waals surface area contributed by atoms with Crippen LogP contribution in [0.5, 0.6) is 11.5 Å². The van der Waals surface area contributed by atoms with E-state index in [1.807, 2.05) is 57.4 Å². The van der Waals surface area contributed by atoms with E-state index < -0.39 is 53.6 Å². The summed E-state index contributed by atoms with van der Waals surface area (Å²) in [5.74, 6) is 0.255. The summed E-state index contributed by atoms with van der Waals surface area (Å²) in [6.07, 6.45) is 19.7. The van der Waals surface area contributed by atoms with Crippen molar-refractivity contribution in [2.24, 2.45) is 35.5 Å². The van der Waals surface area contributed by atoms with Crippen LogP contribution in [0.3, 0.4) is 0 Å². The zero-order valence-corrected chi connectivity index (χ0v) is 66.3. The third-order valence-electron chi connectivity index (χ3n) is 26.6. The van der Waals surface area contributed by atoms with Gasteiger partial charge < -0.3 is 43.5 Å². The van der Waals surface area contributed by atoms with E-state index in [-0.39, 0.29) is 46.0 Å². The lowest BCUT2D eigenvalue weighted by Crippen LogP contribution is -2.62. The first-order chi connectivity index (χ1) is 51.5. The fourth-order valence-electron chi connectivity index (χ4n) is 19.5. The molecule has 16 rings (SSSR count). The highest BCUT2D eigenvalue weighted by molar-refractivity contribution is 7.91. The summed E-state index contributed by atoms with van der Waals surface area (Å²) in [7, 11) is -4.51. The maximum Gasteiger partial charge on any atom is 0.264 e. The Morgan fingerprint density at radius 2 is 1.12 bits per heavy atom. The number of halogens is 2. The first-order valence-corrected chi connectivity index (χ1v) is 43.0. The van der Waals surface area contributed by atoms with E-state index >= 15 is 0 Å². The predicted molar refractivity (Wildman–Crippen MR) is 418 cm³/mol. The van der Waals surface area contributed by atoms with Crippen LogP contribution in [0.1, 0.15) is 135 Å². The Morgan fingerprint density at radius 3 is 1.63 bits per heavy atom. The molecule has 6 fully saturated rings. The van der Waals surface area contributed by atoms with E-state index in [1.54, 1.807) is 45.2 Å². The number of allylic oxidation sites excluding steroid dienone is 2. The summed E-state index contributed by atoms with van der Waals surface area (Å²) in [5, 5.41) is 3.21. The quantitative estimate of drug-likeness (QED) is 0.125. The number of aryl methyl sites for hydroxylation is 2. The van der Waals surface area contributed by atoms with Gasteiger partial charge in [0.25, 0.3) is 11.8 Å². The second kappa shape index (κ2) is 32.6. The van der Waals surface area contributed by atoms with Gasteiger partial charge in [-0.3, -0.25) is 29.1 Å². The summed E-state index contributed by atoms with van der Waals surface area (Å²) in [6, 6.07) is 24.0. The van der Waals surface area contributed by atoms with E-state index in [0.29, 0.717) is 79.2 Å². The highest BCUT2D eigenvalue weighted by atomic mass is 35.5. The number of hydrogen-bond donors (Lipinski definition) is 3. The lowest BCUT2D eigenvalue weighted by molar-refractivity contribution is -0.136. The van der Waals surface area contributed by atoms with Gasteiger partial charge in [0.1, 0.15) is 22.7 Å². The average Bonchev–Trinajstić information content (AvgIpc) is 1.70. The van der Waals surface area contributed by atoms with Crippen LogP contribution in [0, 0.1) is 35.5 Å². The summed E-state index contributed by atoms with van der Waals surface area (Å²) >= 11 is 12.9. The van der Waals surface area contributed by atoms with Crippen LogP contribution in [0.15, 0.2) is 97.1 Å². The minimum absolute atomic E-state index is 0.0434. The Kier molecular flexibility index (Phi) is 23.8. The van der Waals surface area contributed by atoms with Crippen molar-refractivity contribution in [3.8, 4) is 11.5 Å². The molecule has 4 aromatic carbocycles.